The van der Waals surface area contributed by atoms with Gasteiger partial charge in [-0.05, 0) is 48.0 Å². The fraction of sp³-hybridized carbons (Fsp3) is 0.250. The number of rotatable bonds is 6. The summed E-state index contributed by atoms with van der Waals surface area (Å²) in [5, 5.41) is 21.1. The number of hydrogen-bond donors (Lipinski definition) is 2. The average molecular weight is 357 g/mol. The number of aromatic nitrogens is 1. The number of aliphatic hydroxyl groups is 1. The molecule has 0 unspecified atom stereocenters. The molecule has 2 aromatic carbocycles. The lowest BCUT2D eigenvalue weighted by Gasteiger charge is -2.20. The van der Waals surface area contributed by atoms with Crippen molar-refractivity contribution in [3.8, 4) is 16.9 Å². The number of hydrogen-bond acceptors (Lipinski definition) is 4. The lowest BCUT2D eigenvalue weighted by Crippen LogP contribution is -2.26. The number of aromatic hydroxyl groups is 1. The number of benzene rings is 2. The van der Waals surface area contributed by atoms with Crippen molar-refractivity contribution in [1.82, 2.24) is 9.88 Å². The van der Waals surface area contributed by atoms with Crippen molar-refractivity contribution in [1.29, 1.82) is 0 Å². The van der Waals surface area contributed by atoms with Gasteiger partial charge in [0.2, 0.25) is 0 Å². The number of phenolic OH excluding ortho intramolecular Hbond substituents is 1. The van der Waals surface area contributed by atoms with Crippen LogP contribution in [0.3, 0.4) is 0 Å². The van der Waals surface area contributed by atoms with Crippen LogP contribution < -0.4 is 0 Å². The molecule has 1 heterocycles. The number of halogens is 1. The Labute approximate surface area is 152 Å². The molecular weight excluding hydrogens is 336 g/mol. The maximum Gasteiger partial charge on any atom is 0.120 e. The summed E-state index contributed by atoms with van der Waals surface area (Å²) >= 11 is 6.07. The molecule has 0 fully saturated rings. The van der Waals surface area contributed by atoms with E-state index in [1.54, 1.807) is 12.3 Å². The molecule has 0 bridgehead atoms. The number of aliphatic hydroxyl groups excluding tert-OH is 1. The van der Waals surface area contributed by atoms with Gasteiger partial charge in [0.25, 0.3) is 0 Å². The van der Waals surface area contributed by atoms with Gasteiger partial charge in [0.1, 0.15) is 5.75 Å². The average Bonchev–Trinajstić information content (AvgIpc) is 2.62. The predicted octanol–water partition coefficient (Wildman–Crippen LogP) is 4.08. The Morgan fingerprint density at radius 2 is 1.96 bits per heavy atom. The van der Waals surface area contributed by atoms with Crippen LogP contribution in [0.1, 0.15) is 12.5 Å². The molecule has 0 saturated carbocycles. The van der Waals surface area contributed by atoms with E-state index >= 15 is 0 Å². The summed E-state index contributed by atoms with van der Waals surface area (Å²) in [6.07, 6.45) is 1.77. The maximum atomic E-state index is 10.2. The predicted molar refractivity (Wildman–Crippen MR) is 102 cm³/mol. The first-order valence-corrected chi connectivity index (χ1v) is 8.70. The Morgan fingerprint density at radius 3 is 2.72 bits per heavy atom. The Balaban J connectivity index is 2.03. The lowest BCUT2D eigenvalue weighted by molar-refractivity contribution is 0.195. The summed E-state index contributed by atoms with van der Waals surface area (Å²) in [6, 6.07) is 13.3. The molecule has 0 atom stereocenters. The van der Waals surface area contributed by atoms with Crippen molar-refractivity contribution in [2.45, 2.75) is 13.5 Å². The Bertz CT molecular complexity index is 883. The van der Waals surface area contributed by atoms with E-state index < -0.39 is 0 Å². The van der Waals surface area contributed by atoms with Crippen LogP contribution in [-0.2, 0) is 6.54 Å². The Kier molecular flexibility index (Phi) is 5.53. The molecule has 0 amide bonds. The van der Waals surface area contributed by atoms with Gasteiger partial charge in [-0.15, -0.1) is 0 Å². The second-order valence-electron chi connectivity index (χ2n) is 5.96. The van der Waals surface area contributed by atoms with Gasteiger partial charge in [0.15, 0.2) is 0 Å². The number of phenols is 1. The van der Waals surface area contributed by atoms with Crippen LogP contribution in [0.15, 0.2) is 48.7 Å². The Hall–Kier alpha value is -2.14. The van der Waals surface area contributed by atoms with Gasteiger partial charge in [-0.3, -0.25) is 9.88 Å². The topological polar surface area (TPSA) is 56.6 Å². The largest absolute Gasteiger partial charge is 0.508 e. The van der Waals surface area contributed by atoms with E-state index in [1.165, 1.54) is 0 Å². The number of fused-ring (bicyclic) bond motifs is 1. The van der Waals surface area contributed by atoms with E-state index in [0.29, 0.717) is 18.1 Å². The van der Waals surface area contributed by atoms with Gasteiger partial charge in [-0.2, -0.15) is 0 Å². The minimum atomic E-state index is 0.101. The smallest absolute Gasteiger partial charge is 0.120 e. The molecule has 2 N–H and O–H groups in total. The van der Waals surface area contributed by atoms with Crippen LogP contribution in [0.2, 0.25) is 5.02 Å². The van der Waals surface area contributed by atoms with Crippen LogP contribution >= 0.6 is 11.6 Å². The fourth-order valence-electron chi connectivity index (χ4n) is 2.98. The van der Waals surface area contributed by atoms with Crippen LogP contribution in [0, 0.1) is 0 Å². The molecule has 5 heteroatoms. The highest BCUT2D eigenvalue weighted by Crippen LogP contribution is 2.32. The lowest BCUT2D eigenvalue weighted by atomic mass is 9.99. The first-order chi connectivity index (χ1) is 12.1. The molecule has 25 heavy (non-hydrogen) atoms. The molecular formula is C20H21ClN2O2. The van der Waals surface area contributed by atoms with E-state index in [9.17, 15) is 5.11 Å². The highest BCUT2D eigenvalue weighted by Gasteiger charge is 2.11. The summed E-state index contributed by atoms with van der Waals surface area (Å²) in [6.45, 7) is 4.12. The molecule has 4 nitrogen and oxygen atoms in total. The summed E-state index contributed by atoms with van der Waals surface area (Å²) < 4.78 is 0. The molecule has 0 aliphatic carbocycles. The molecule has 0 radical (unpaired) electrons. The van der Waals surface area contributed by atoms with Crippen LogP contribution in [-0.4, -0.2) is 39.8 Å². The van der Waals surface area contributed by atoms with Crippen LogP contribution in [0.5, 0.6) is 5.75 Å². The zero-order valence-corrected chi connectivity index (χ0v) is 14.9. The maximum absolute atomic E-state index is 10.2. The van der Waals surface area contributed by atoms with Gasteiger partial charge in [-0.1, -0.05) is 30.7 Å². The second kappa shape index (κ2) is 7.83. The molecule has 3 rings (SSSR count). The third kappa shape index (κ3) is 3.93. The number of pyridine rings is 1. The summed E-state index contributed by atoms with van der Waals surface area (Å²) in [5.74, 6) is 0.265. The van der Waals surface area contributed by atoms with Crippen LogP contribution in [0.25, 0.3) is 22.0 Å². The molecule has 0 aliphatic rings. The molecule has 1 aromatic heterocycles. The van der Waals surface area contributed by atoms with Crippen molar-refractivity contribution in [2.24, 2.45) is 0 Å². The van der Waals surface area contributed by atoms with Gasteiger partial charge in [-0.25, -0.2) is 0 Å². The highest BCUT2D eigenvalue weighted by atomic mass is 35.5. The zero-order chi connectivity index (χ0) is 17.8. The van der Waals surface area contributed by atoms with Crippen LogP contribution in [0.4, 0.5) is 0 Å². The third-order valence-electron chi connectivity index (χ3n) is 4.35. The van der Waals surface area contributed by atoms with E-state index in [-0.39, 0.29) is 12.4 Å². The quantitative estimate of drug-likeness (QED) is 0.699. The van der Waals surface area contributed by atoms with Crippen molar-refractivity contribution < 1.29 is 10.2 Å². The number of likely N-dealkylation sites (N-methyl/N-ethyl adjacent to an activating group) is 1. The van der Waals surface area contributed by atoms with E-state index in [1.807, 2.05) is 43.3 Å². The van der Waals surface area contributed by atoms with Crippen molar-refractivity contribution in [3.05, 3.63) is 59.2 Å². The zero-order valence-electron chi connectivity index (χ0n) is 14.1. The molecule has 0 aliphatic heterocycles. The van der Waals surface area contributed by atoms with Gasteiger partial charge in [0.05, 0.1) is 12.1 Å². The minimum absolute atomic E-state index is 0.101. The van der Waals surface area contributed by atoms with Gasteiger partial charge in [0, 0.05) is 35.3 Å². The van der Waals surface area contributed by atoms with E-state index in [4.69, 9.17) is 16.7 Å². The molecule has 0 spiro atoms. The SMILES string of the molecule is CCN(CCO)Cc1cc(-c2ccnc3cc(Cl)ccc23)ccc1O. The molecule has 0 saturated heterocycles. The normalized spacial score (nSPS) is 11.4. The van der Waals surface area contributed by atoms with Crippen molar-refractivity contribution >= 4 is 22.5 Å². The first kappa shape index (κ1) is 17.7. The Morgan fingerprint density at radius 1 is 1.12 bits per heavy atom. The van der Waals surface area contributed by atoms with Gasteiger partial charge < -0.3 is 10.2 Å². The first-order valence-electron chi connectivity index (χ1n) is 8.32. The highest BCUT2D eigenvalue weighted by molar-refractivity contribution is 6.31. The second-order valence-corrected chi connectivity index (χ2v) is 6.39. The monoisotopic (exact) mass is 356 g/mol. The van der Waals surface area contributed by atoms with Crippen molar-refractivity contribution in [2.75, 3.05) is 19.7 Å². The van der Waals surface area contributed by atoms with E-state index in [2.05, 4.69) is 9.88 Å². The summed E-state index contributed by atoms with van der Waals surface area (Å²) in [7, 11) is 0. The third-order valence-corrected chi connectivity index (χ3v) is 4.59. The minimum Gasteiger partial charge on any atom is -0.508 e. The molecule has 130 valence electrons. The van der Waals surface area contributed by atoms with E-state index in [0.717, 1.165) is 34.1 Å². The fourth-order valence-corrected chi connectivity index (χ4v) is 3.15. The van der Waals surface area contributed by atoms with Crippen molar-refractivity contribution in [3.63, 3.8) is 0 Å². The standard InChI is InChI=1S/C20H21ClN2O2/c1-2-23(9-10-24)13-15-11-14(3-6-20(15)25)17-7-8-22-19-12-16(21)4-5-18(17)19/h3-8,11-12,24-25H,2,9-10,13H2,1H3. The summed E-state index contributed by atoms with van der Waals surface area (Å²) in [4.78, 5) is 6.47. The summed E-state index contributed by atoms with van der Waals surface area (Å²) in [5.41, 5.74) is 3.75. The number of nitrogens with zero attached hydrogens (tertiary/aromatic N) is 2. The molecule has 3 aromatic rings. The van der Waals surface area contributed by atoms with Gasteiger partial charge >= 0.3 is 0 Å².